The third-order valence-electron chi connectivity index (χ3n) is 4.17. The fraction of sp³-hybridized carbons (Fsp3) is 0.150. The number of ether oxygens (including phenoxy) is 1. The molecule has 2 heterocycles. The average molecular weight is 391 g/mol. The van der Waals surface area contributed by atoms with E-state index in [-0.39, 0.29) is 5.82 Å². The summed E-state index contributed by atoms with van der Waals surface area (Å²) in [4.78, 5) is 24.0. The molecule has 9 heteroatoms. The molecular formula is C20H17N5O4. The van der Waals surface area contributed by atoms with Crippen molar-refractivity contribution in [3.63, 3.8) is 0 Å². The van der Waals surface area contributed by atoms with Crippen molar-refractivity contribution in [2.45, 2.75) is 13.5 Å². The lowest BCUT2D eigenvalue weighted by molar-refractivity contribution is -0.119. The Kier molecular flexibility index (Phi) is 5.02. The molecule has 0 aliphatic carbocycles. The molecule has 0 aliphatic heterocycles. The molecule has 0 aliphatic rings. The molecule has 4 rings (SSSR count). The minimum absolute atomic E-state index is 0.272. The third-order valence-corrected chi connectivity index (χ3v) is 4.17. The summed E-state index contributed by atoms with van der Waals surface area (Å²) in [5.41, 5.74) is 3.06. The number of hydrogen-bond acceptors (Lipinski definition) is 7. The van der Waals surface area contributed by atoms with Crippen LogP contribution in [0.4, 0.5) is 5.82 Å². The number of aryl methyl sites for hydroxylation is 1. The van der Waals surface area contributed by atoms with Gasteiger partial charge in [-0.2, -0.15) is 0 Å². The van der Waals surface area contributed by atoms with Crippen molar-refractivity contribution in [1.82, 2.24) is 20.2 Å². The van der Waals surface area contributed by atoms with Gasteiger partial charge in [0.1, 0.15) is 11.3 Å². The molecule has 0 spiro atoms. The summed E-state index contributed by atoms with van der Waals surface area (Å²) in [5, 5.41) is 14.4. The van der Waals surface area contributed by atoms with Crippen LogP contribution in [0, 0.1) is 6.92 Å². The van der Waals surface area contributed by atoms with Gasteiger partial charge in [0, 0.05) is 6.07 Å². The predicted molar refractivity (Wildman–Crippen MR) is 103 cm³/mol. The Labute approximate surface area is 165 Å². The summed E-state index contributed by atoms with van der Waals surface area (Å²) in [5.74, 6) is -0.250. The molecule has 2 aromatic carbocycles. The summed E-state index contributed by atoms with van der Waals surface area (Å²) in [6.45, 7) is 1.81. The number of hydrogen-bond donors (Lipinski definition) is 1. The first-order valence-corrected chi connectivity index (χ1v) is 8.86. The van der Waals surface area contributed by atoms with Crippen LogP contribution in [0.25, 0.3) is 11.0 Å². The van der Waals surface area contributed by atoms with Crippen molar-refractivity contribution in [2.75, 3.05) is 11.9 Å². The maximum absolute atomic E-state index is 12.1. The largest absolute Gasteiger partial charge is 0.452 e. The Bertz CT molecular complexity index is 1160. The van der Waals surface area contributed by atoms with Gasteiger partial charge in [-0.3, -0.25) is 4.79 Å². The van der Waals surface area contributed by atoms with E-state index in [4.69, 9.17) is 9.26 Å². The van der Waals surface area contributed by atoms with Gasteiger partial charge in [0.15, 0.2) is 12.4 Å². The molecule has 29 heavy (non-hydrogen) atoms. The van der Waals surface area contributed by atoms with E-state index in [1.807, 2.05) is 36.4 Å². The summed E-state index contributed by atoms with van der Waals surface area (Å²) in [6.07, 6.45) is 0. The lowest BCUT2D eigenvalue weighted by atomic mass is 10.1. The number of aromatic nitrogens is 4. The van der Waals surface area contributed by atoms with Crippen LogP contribution in [0.3, 0.4) is 0 Å². The van der Waals surface area contributed by atoms with Gasteiger partial charge in [0.2, 0.25) is 0 Å². The number of carbonyl (C=O) groups excluding carboxylic acids is 2. The highest BCUT2D eigenvalue weighted by Crippen LogP contribution is 2.13. The topological polar surface area (TPSA) is 112 Å². The van der Waals surface area contributed by atoms with Crippen LogP contribution in [0.15, 0.2) is 59.1 Å². The first-order chi connectivity index (χ1) is 14.1. The molecule has 4 aromatic rings. The van der Waals surface area contributed by atoms with Gasteiger partial charge in [-0.05, 0) is 36.8 Å². The van der Waals surface area contributed by atoms with E-state index in [9.17, 15) is 9.59 Å². The fourth-order valence-corrected chi connectivity index (χ4v) is 2.77. The highest BCUT2D eigenvalue weighted by atomic mass is 16.5. The molecule has 2 aromatic heterocycles. The van der Waals surface area contributed by atoms with Crippen molar-refractivity contribution in [3.05, 3.63) is 71.5 Å². The first kappa shape index (κ1) is 18.4. The molecule has 0 saturated carbocycles. The Morgan fingerprint density at radius 2 is 1.93 bits per heavy atom. The van der Waals surface area contributed by atoms with Crippen LogP contribution in [0.5, 0.6) is 0 Å². The molecule has 1 amide bonds. The van der Waals surface area contributed by atoms with E-state index in [1.165, 1.54) is 0 Å². The molecule has 9 nitrogen and oxygen atoms in total. The lowest BCUT2D eigenvalue weighted by Gasteiger charge is -2.06. The maximum atomic E-state index is 12.1. The van der Waals surface area contributed by atoms with Crippen LogP contribution in [-0.2, 0) is 16.1 Å². The van der Waals surface area contributed by atoms with Crippen molar-refractivity contribution in [1.29, 1.82) is 0 Å². The van der Waals surface area contributed by atoms with E-state index >= 15 is 0 Å². The maximum Gasteiger partial charge on any atom is 0.338 e. The average Bonchev–Trinajstić information content (AvgIpc) is 3.33. The normalized spacial score (nSPS) is 10.8. The van der Waals surface area contributed by atoms with Gasteiger partial charge >= 0.3 is 5.97 Å². The van der Waals surface area contributed by atoms with Crippen molar-refractivity contribution in [3.8, 4) is 0 Å². The number of fused-ring (bicyclic) bond motifs is 1. The standard InChI is InChI=1S/C20H17N5O4/c1-13-10-18(23-29-13)21-19(26)12-28-20(27)15-8-6-14(7-9-15)11-25-17-5-3-2-4-16(17)22-24-25/h2-10H,11-12H2,1H3,(H,21,23,26). The second-order valence-electron chi connectivity index (χ2n) is 6.38. The zero-order chi connectivity index (χ0) is 20.2. The summed E-state index contributed by atoms with van der Waals surface area (Å²) in [7, 11) is 0. The molecule has 0 unspecified atom stereocenters. The van der Waals surface area contributed by atoms with Crippen LogP contribution in [-0.4, -0.2) is 38.6 Å². The predicted octanol–water partition coefficient (Wildman–Crippen LogP) is 2.57. The SMILES string of the molecule is Cc1cc(NC(=O)COC(=O)c2ccc(Cn3nnc4ccccc43)cc2)no1. The number of nitrogens with zero attached hydrogens (tertiary/aromatic N) is 4. The Morgan fingerprint density at radius 3 is 2.69 bits per heavy atom. The Morgan fingerprint density at radius 1 is 1.14 bits per heavy atom. The molecule has 0 fully saturated rings. The quantitative estimate of drug-likeness (QED) is 0.503. The van der Waals surface area contributed by atoms with E-state index < -0.39 is 18.5 Å². The molecule has 1 N–H and O–H groups in total. The van der Waals surface area contributed by atoms with Crippen LogP contribution in [0.1, 0.15) is 21.7 Å². The second-order valence-corrected chi connectivity index (χ2v) is 6.38. The third kappa shape index (κ3) is 4.29. The molecule has 0 radical (unpaired) electrons. The molecule has 146 valence electrons. The van der Waals surface area contributed by atoms with E-state index in [0.717, 1.165) is 16.6 Å². The minimum atomic E-state index is -0.589. The fourth-order valence-electron chi connectivity index (χ4n) is 2.77. The number of anilines is 1. The molecular weight excluding hydrogens is 374 g/mol. The smallest absolute Gasteiger partial charge is 0.338 e. The van der Waals surface area contributed by atoms with Gasteiger partial charge in [-0.25, -0.2) is 9.48 Å². The van der Waals surface area contributed by atoms with Gasteiger partial charge in [-0.1, -0.05) is 34.6 Å². The lowest BCUT2D eigenvalue weighted by Crippen LogP contribution is -2.21. The minimum Gasteiger partial charge on any atom is -0.452 e. The summed E-state index contributed by atoms with van der Waals surface area (Å²) < 4.78 is 11.7. The number of benzene rings is 2. The number of amides is 1. The van der Waals surface area contributed by atoms with Crippen molar-refractivity contribution >= 4 is 28.7 Å². The molecule has 0 atom stereocenters. The number of rotatable bonds is 6. The van der Waals surface area contributed by atoms with E-state index in [0.29, 0.717) is 17.9 Å². The number of carbonyl (C=O) groups is 2. The zero-order valence-electron chi connectivity index (χ0n) is 15.5. The van der Waals surface area contributed by atoms with Crippen LogP contribution >= 0.6 is 0 Å². The van der Waals surface area contributed by atoms with Gasteiger partial charge in [-0.15, -0.1) is 5.10 Å². The Hall–Kier alpha value is -4.01. The summed E-state index contributed by atoms with van der Waals surface area (Å²) >= 11 is 0. The highest BCUT2D eigenvalue weighted by molar-refractivity contribution is 5.95. The number of nitrogens with one attached hydrogen (secondary N) is 1. The zero-order valence-corrected chi connectivity index (χ0v) is 15.5. The van der Waals surface area contributed by atoms with E-state index in [1.54, 1.807) is 29.8 Å². The molecule has 0 bridgehead atoms. The van der Waals surface area contributed by atoms with Crippen molar-refractivity contribution in [2.24, 2.45) is 0 Å². The van der Waals surface area contributed by atoms with Gasteiger partial charge in [0.25, 0.3) is 5.91 Å². The monoisotopic (exact) mass is 391 g/mol. The van der Waals surface area contributed by atoms with Gasteiger partial charge in [0.05, 0.1) is 17.6 Å². The Balaban J connectivity index is 1.33. The van der Waals surface area contributed by atoms with E-state index in [2.05, 4.69) is 20.8 Å². The molecule has 0 saturated heterocycles. The van der Waals surface area contributed by atoms with Crippen LogP contribution in [0.2, 0.25) is 0 Å². The first-order valence-electron chi connectivity index (χ1n) is 8.86. The number of esters is 1. The van der Waals surface area contributed by atoms with Crippen molar-refractivity contribution < 1.29 is 18.8 Å². The summed E-state index contributed by atoms with van der Waals surface area (Å²) in [6, 6.07) is 16.2. The number of para-hydroxylation sites is 1. The second kappa shape index (κ2) is 7.93. The van der Waals surface area contributed by atoms with Crippen LogP contribution < -0.4 is 5.32 Å². The van der Waals surface area contributed by atoms with Gasteiger partial charge < -0.3 is 14.6 Å². The highest BCUT2D eigenvalue weighted by Gasteiger charge is 2.12.